The van der Waals surface area contributed by atoms with Crippen LogP contribution in [-0.4, -0.2) is 11.1 Å². The van der Waals surface area contributed by atoms with Crippen molar-refractivity contribution in [2.24, 2.45) is 5.92 Å². The van der Waals surface area contributed by atoms with Gasteiger partial charge in [0.2, 0.25) is 0 Å². The molecule has 2 rings (SSSR count). The van der Waals surface area contributed by atoms with Crippen molar-refractivity contribution in [1.82, 2.24) is 0 Å². The molecule has 3 heteroatoms. The largest absolute Gasteiger partial charge is 0.481 e. The number of hydrogen-bond donors (Lipinski definition) is 2. The summed E-state index contributed by atoms with van der Waals surface area (Å²) in [5, 5.41) is 8.91. The lowest BCUT2D eigenvalue weighted by Gasteiger charge is -2.15. The van der Waals surface area contributed by atoms with Crippen LogP contribution in [0.5, 0.6) is 0 Å². The molecule has 1 atom stereocenters. The first-order valence-electron chi connectivity index (χ1n) is 5.65. The third-order valence-corrected chi connectivity index (χ3v) is 3.32. The van der Waals surface area contributed by atoms with Crippen LogP contribution >= 0.6 is 0 Å². The van der Waals surface area contributed by atoms with Gasteiger partial charge in [0.05, 0.1) is 6.42 Å². The second-order valence-electron chi connectivity index (χ2n) is 4.66. The third kappa shape index (κ3) is 2.35. The molecule has 1 aromatic rings. The third-order valence-electron chi connectivity index (χ3n) is 3.32. The van der Waals surface area contributed by atoms with E-state index >= 15 is 0 Å². The van der Waals surface area contributed by atoms with Crippen LogP contribution in [0.1, 0.15) is 36.3 Å². The number of carbonyl (C=O) groups is 1. The van der Waals surface area contributed by atoms with E-state index in [1.165, 1.54) is 0 Å². The number of aryl methyl sites for hydroxylation is 1. The minimum absolute atomic E-state index is 0.139. The Balaban J connectivity index is 2.24. The van der Waals surface area contributed by atoms with Gasteiger partial charge in [-0.15, -0.1) is 0 Å². The van der Waals surface area contributed by atoms with Gasteiger partial charge in [0.1, 0.15) is 0 Å². The minimum Gasteiger partial charge on any atom is -0.481 e. The van der Waals surface area contributed by atoms with Crippen LogP contribution in [-0.2, 0) is 4.79 Å². The van der Waals surface area contributed by atoms with Crippen molar-refractivity contribution in [2.75, 3.05) is 5.73 Å². The Morgan fingerprint density at radius 3 is 2.75 bits per heavy atom. The van der Waals surface area contributed by atoms with Gasteiger partial charge in [-0.3, -0.25) is 4.79 Å². The molecule has 0 heterocycles. The van der Waals surface area contributed by atoms with E-state index in [1.54, 1.807) is 0 Å². The molecule has 1 fully saturated rings. The van der Waals surface area contributed by atoms with E-state index in [4.69, 9.17) is 10.8 Å². The van der Waals surface area contributed by atoms with Gasteiger partial charge in [0.25, 0.3) is 0 Å². The molecule has 0 unspecified atom stereocenters. The summed E-state index contributed by atoms with van der Waals surface area (Å²) in [5.74, 6) is -0.0466. The predicted molar refractivity (Wildman–Crippen MR) is 63.3 cm³/mol. The summed E-state index contributed by atoms with van der Waals surface area (Å²) in [7, 11) is 0. The van der Waals surface area contributed by atoms with E-state index < -0.39 is 5.97 Å². The van der Waals surface area contributed by atoms with E-state index in [0.29, 0.717) is 5.92 Å². The van der Waals surface area contributed by atoms with Gasteiger partial charge in [0, 0.05) is 5.69 Å². The monoisotopic (exact) mass is 219 g/mol. The maximum atomic E-state index is 10.8. The number of rotatable bonds is 4. The number of nitrogen functional groups attached to an aromatic ring is 1. The molecule has 0 aliphatic heterocycles. The van der Waals surface area contributed by atoms with Gasteiger partial charge >= 0.3 is 5.97 Å². The average molecular weight is 219 g/mol. The summed E-state index contributed by atoms with van der Waals surface area (Å²) in [6.45, 7) is 1.96. The maximum absolute atomic E-state index is 10.8. The van der Waals surface area contributed by atoms with E-state index in [1.807, 2.05) is 25.1 Å². The molecule has 0 bridgehead atoms. The van der Waals surface area contributed by atoms with Crippen molar-refractivity contribution >= 4 is 11.7 Å². The first-order chi connectivity index (χ1) is 7.58. The van der Waals surface area contributed by atoms with Crippen LogP contribution in [0.15, 0.2) is 18.2 Å². The lowest BCUT2D eigenvalue weighted by molar-refractivity contribution is -0.137. The van der Waals surface area contributed by atoms with E-state index in [0.717, 1.165) is 29.7 Å². The molecule has 1 aliphatic carbocycles. The Kier molecular flexibility index (Phi) is 2.86. The maximum Gasteiger partial charge on any atom is 0.303 e. The number of aliphatic carboxylic acids is 1. The summed E-state index contributed by atoms with van der Waals surface area (Å²) in [5.41, 5.74) is 8.75. The van der Waals surface area contributed by atoms with Crippen molar-refractivity contribution in [3.63, 3.8) is 0 Å². The van der Waals surface area contributed by atoms with Crippen LogP contribution in [0.3, 0.4) is 0 Å². The second-order valence-corrected chi connectivity index (χ2v) is 4.66. The molecule has 3 nitrogen and oxygen atoms in total. The van der Waals surface area contributed by atoms with E-state index in [-0.39, 0.29) is 12.3 Å². The summed E-state index contributed by atoms with van der Waals surface area (Å²) >= 11 is 0. The Labute approximate surface area is 95.3 Å². The molecule has 1 aliphatic rings. The van der Waals surface area contributed by atoms with Gasteiger partial charge in [0.15, 0.2) is 0 Å². The van der Waals surface area contributed by atoms with Gasteiger partial charge < -0.3 is 10.8 Å². The molecule has 0 amide bonds. The van der Waals surface area contributed by atoms with Crippen molar-refractivity contribution < 1.29 is 9.90 Å². The average Bonchev–Trinajstić information content (AvgIpc) is 3.02. The summed E-state index contributed by atoms with van der Waals surface area (Å²) < 4.78 is 0. The highest BCUT2D eigenvalue weighted by molar-refractivity contribution is 5.68. The van der Waals surface area contributed by atoms with Crippen LogP contribution in [0, 0.1) is 12.8 Å². The van der Waals surface area contributed by atoms with E-state index in [9.17, 15) is 4.79 Å². The standard InChI is InChI=1S/C13H17NO2/c1-8-2-3-10(6-12(8)14)11(7-13(15)16)9-4-5-9/h2-3,6,9,11H,4-5,7,14H2,1H3,(H,15,16)/t11-/m0/s1. The normalized spacial score (nSPS) is 17.1. The number of nitrogens with two attached hydrogens (primary N) is 1. The number of carboxylic acids is 1. The molecular weight excluding hydrogens is 202 g/mol. The molecule has 0 saturated heterocycles. The summed E-state index contributed by atoms with van der Waals surface area (Å²) in [4.78, 5) is 10.8. The Morgan fingerprint density at radius 2 is 2.25 bits per heavy atom. The molecular formula is C13H17NO2. The molecule has 86 valence electrons. The Hall–Kier alpha value is -1.51. The number of hydrogen-bond acceptors (Lipinski definition) is 2. The van der Waals surface area contributed by atoms with Crippen LogP contribution in [0.25, 0.3) is 0 Å². The van der Waals surface area contributed by atoms with Crippen molar-refractivity contribution in [2.45, 2.75) is 32.1 Å². The zero-order valence-corrected chi connectivity index (χ0v) is 9.44. The van der Waals surface area contributed by atoms with Gasteiger partial charge in [-0.05, 0) is 48.8 Å². The van der Waals surface area contributed by atoms with Crippen molar-refractivity contribution in [3.05, 3.63) is 29.3 Å². The number of anilines is 1. The fourth-order valence-electron chi connectivity index (χ4n) is 2.13. The highest BCUT2D eigenvalue weighted by Gasteiger charge is 2.33. The topological polar surface area (TPSA) is 63.3 Å². The van der Waals surface area contributed by atoms with Crippen molar-refractivity contribution in [1.29, 1.82) is 0 Å². The highest BCUT2D eigenvalue weighted by Crippen LogP contribution is 2.44. The fraction of sp³-hybridized carbons (Fsp3) is 0.462. The molecule has 0 radical (unpaired) electrons. The van der Waals surface area contributed by atoms with E-state index in [2.05, 4.69) is 0 Å². The zero-order chi connectivity index (χ0) is 11.7. The Morgan fingerprint density at radius 1 is 1.56 bits per heavy atom. The number of carboxylic acid groups (broad SMARTS) is 1. The van der Waals surface area contributed by atoms with Gasteiger partial charge in [-0.25, -0.2) is 0 Å². The zero-order valence-electron chi connectivity index (χ0n) is 9.44. The first kappa shape index (κ1) is 11.0. The molecule has 16 heavy (non-hydrogen) atoms. The SMILES string of the molecule is Cc1ccc([C@@H](CC(=O)O)C2CC2)cc1N. The minimum atomic E-state index is -0.726. The molecule has 0 aromatic heterocycles. The first-order valence-corrected chi connectivity index (χ1v) is 5.65. The fourth-order valence-corrected chi connectivity index (χ4v) is 2.13. The Bertz CT molecular complexity index is 410. The predicted octanol–water partition coefficient (Wildman–Crippen LogP) is 2.55. The van der Waals surface area contributed by atoms with Crippen LogP contribution in [0.4, 0.5) is 5.69 Å². The lowest BCUT2D eigenvalue weighted by atomic mass is 9.90. The quantitative estimate of drug-likeness (QED) is 0.765. The molecule has 3 N–H and O–H groups in total. The molecule has 0 spiro atoms. The summed E-state index contributed by atoms with van der Waals surface area (Å²) in [6, 6.07) is 5.92. The van der Waals surface area contributed by atoms with Crippen molar-refractivity contribution in [3.8, 4) is 0 Å². The number of benzene rings is 1. The second kappa shape index (κ2) is 4.16. The lowest BCUT2D eigenvalue weighted by Crippen LogP contribution is -2.09. The molecule has 1 aromatic carbocycles. The van der Waals surface area contributed by atoms with Crippen LogP contribution < -0.4 is 5.73 Å². The van der Waals surface area contributed by atoms with Gasteiger partial charge in [-0.2, -0.15) is 0 Å². The highest BCUT2D eigenvalue weighted by atomic mass is 16.4. The smallest absolute Gasteiger partial charge is 0.303 e. The van der Waals surface area contributed by atoms with Crippen LogP contribution in [0.2, 0.25) is 0 Å². The summed E-state index contributed by atoms with van der Waals surface area (Å²) in [6.07, 6.45) is 2.50. The molecule has 1 saturated carbocycles. The van der Waals surface area contributed by atoms with Gasteiger partial charge in [-0.1, -0.05) is 12.1 Å².